The minimum Gasteiger partial charge on any atom is -0.399 e. The lowest BCUT2D eigenvalue weighted by Gasteiger charge is -2.40. The van der Waals surface area contributed by atoms with Crippen LogP contribution in [0.15, 0.2) is 42.5 Å². The van der Waals surface area contributed by atoms with Gasteiger partial charge in [0.05, 0.1) is 16.8 Å². The van der Waals surface area contributed by atoms with Gasteiger partial charge >= 0.3 is 0 Å². The number of aromatic nitrogens is 1. The summed E-state index contributed by atoms with van der Waals surface area (Å²) in [6.07, 6.45) is 2.40. The highest BCUT2D eigenvalue weighted by Gasteiger charge is 2.34. The number of nitrogens with two attached hydrogens (primary N) is 1. The quantitative estimate of drug-likeness (QED) is 0.626. The normalized spacial score (nSPS) is 16.2. The van der Waals surface area contributed by atoms with Crippen molar-refractivity contribution in [1.82, 2.24) is 4.98 Å². The molecule has 0 saturated carbocycles. The number of hydrogen-bond donors (Lipinski definition) is 3. The molecule has 2 bridgehead atoms. The maximum Gasteiger partial charge on any atom is 0.257 e. The summed E-state index contributed by atoms with van der Waals surface area (Å²) >= 11 is 0. The largest absolute Gasteiger partial charge is 0.399 e. The summed E-state index contributed by atoms with van der Waals surface area (Å²) in [5.41, 5.74) is 11.4. The van der Waals surface area contributed by atoms with E-state index in [0.29, 0.717) is 22.9 Å². The van der Waals surface area contributed by atoms with Crippen LogP contribution in [0.1, 0.15) is 34.8 Å². The third-order valence-electron chi connectivity index (χ3n) is 5.44. The van der Waals surface area contributed by atoms with Gasteiger partial charge in [0.15, 0.2) is 0 Å². The Morgan fingerprint density at radius 3 is 2.76 bits per heavy atom. The minimum absolute atomic E-state index is 0.114. The summed E-state index contributed by atoms with van der Waals surface area (Å²) in [6, 6.07) is 13.2. The van der Waals surface area contributed by atoms with E-state index in [4.69, 9.17) is 5.73 Å². The van der Waals surface area contributed by atoms with Gasteiger partial charge < -0.3 is 20.9 Å². The van der Waals surface area contributed by atoms with Crippen LogP contribution in [-0.2, 0) is 0 Å². The lowest BCUT2D eigenvalue weighted by Crippen LogP contribution is -2.38. The van der Waals surface area contributed by atoms with E-state index in [1.807, 2.05) is 24.3 Å². The minimum atomic E-state index is -0.114. The first-order chi connectivity index (χ1) is 12.2. The molecule has 0 spiro atoms. The number of H-pyrrole nitrogens is 1. The van der Waals surface area contributed by atoms with Crippen LogP contribution in [0.25, 0.3) is 10.9 Å². The first-order valence-corrected chi connectivity index (χ1v) is 8.77. The van der Waals surface area contributed by atoms with Crippen molar-refractivity contribution in [3.63, 3.8) is 0 Å². The first-order valence-electron chi connectivity index (χ1n) is 8.77. The van der Waals surface area contributed by atoms with Crippen LogP contribution >= 0.6 is 0 Å². The predicted octanol–water partition coefficient (Wildman–Crippen LogP) is 3.70. The van der Waals surface area contributed by atoms with E-state index in [-0.39, 0.29) is 5.91 Å². The van der Waals surface area contributed by atoms with Crippen molar-refractivity contribution in [2.45, 2.75) is 18.8 Å². The molecule has 0 aliphatic carbocycles. The van der Waals surface area contributed by atoms with Crippen molar-refractivity contribution in [2.24, 2.45) is 0 Å². The van der Waals surface area contributed by atoms with Gasteiger partial charge in [0, 0.05) is 41.5 Å². The Labute approximate surface area is 145 Å². The van der Waals surface area contributed by atoms with Crippen molar-refractivity contribution in [1.29, 1.82) is 0 Å². The smallest absolute Gasteiger partial charge is 0.257 e. The van der Waals surface area contributed by atoms with Crippen molar-refractivity contribution in [3.8, 4) is 0 Å². The second kappa shape index (κ2) is 5.28. The number of piperidine rings is 1. The van der Waals surface area contributed by atoms with Crippen molar-refractivity contribution >= 4 is 33.9 Å². The van der Waals surface area contributed by atoms with E-state index >= 15 is 0 Å². The van der Waals surface area contributed by atoms with Gasteiger partial charge in [-0.25, -0.2) is 0 Å². The number of anilines is 3. The maximum absolute atomic E-state index is 12.8. The number of para-hydroxylation sites is 1. The number of carbonyl (C=O) groups excluding carboxylic acids is 1. The van der Waals surface area contributed by atoms with Crippen LogP contribution in [0.5, 0.6) is 0 Å². The zero-order valence-electron chi connectivity index (χ0n) is 13.9. The van der Waals surface area contributed by atoms with Crippen molar-refractivity contribution < 1.29 is 4.79 Å². The second-order valence-corrected chi connectivity index (χ2v) is 6.96. The Hall–Kier alpha value is -2.95. The van der Waals surface area contributed by atoms with E-state index in [1.165, 1.54) is 24.2 Å². The monoisotopic (exact) mass is 332 g/mol. The molecule has 4 N–H and O–H groups in total. The topological polar surface area (TPSA) is 74.1 Å². The molecular formula is C20H20N4O. The molecule has 4 heterocycles. The summed E-state index contributed by atoms with van der Waals surface area (Å²) in [7, 11) is 0. The highest BCUT2D eigenvalue weighted by molar-refractivity contribution is 6.14. The average molecular weight is 332 g/mol. The summed E-state index contributed by atoms with van der Waals surface area (Å²) in [6.45, 7) is 2.23. The number of rotatable bonds is 2. The summed E-state index contributed by atoms with van der Waals surface area (Å²) in [4.78, 5) is 18.9. The molecule has 3 aliphatic rings. The van der Waals surface area contributed by atoms with Gasteiger partial charge in [-0.3, -0.25) is 4.79 Å². The van der Waals surface area contributed by atoms with Gasteiger partial charge in [0.25, 0.3) is 5.91 Å². The van der Waals surface area contributed by atoms with Crippen LogP contribution < -0.4 is 16.0 Å². The van der Waals surface area contributed by atoms with E-state index in [9.17, 15) is 4.79 Å². The van der Waals surface area contributed by atoms with E-state index < -0.39 is 0 Å². The standard InChI is InChI=1S/C20H20N4O/c21-13-3-1-4-14(11-13)22-20(25)16-6-2-5-15-18(16)23-17-12-7-9-24(10-8-12)19(15)17/h1-6,11-12,23H,7-10,21H2,(H,22,25). The molecule has 0 radical (unpaired) electrons. The molecule has 2 aromatic carbocycles. The average Bonchev–Trinajstić information content (AvgIpc) is 3.04. The van der Waals surface area contributed by atoms with E-state index in [1.54, 1.807) is 12.1 Å². The van der Waals surface area contributed by atoms with Crippen LogP contribution in [0.4, 0.5) is 17.1 Å². The molecule has 0 unspecified atom stereocenters. The molecule has 6 rings (SSSR count). The number of fused-ring (bicyclic) bond motifs is 3. The number of nitrogen functional groups attached to an aromatic ring is 1. The van der Waals surface area contributed by atoms with Crippen LogP contribution in [-0.4, -0.2) is 24.0 Å². The van der Waals surface area contributed by atoms with E-state index in [2.05, 4.69) is 21.3 Å². The lowest BCUT2D eigenvalue weighted by molar-refractivity contribution is 0.102. The molecule has 1 aromatic heterocycles. The summed E-state index contributed by atoms with van der Waals surface area (Å²) < 4.78 is 0. The SMILES string of the molecule is Nc1cccc(NC(=O)c2cccc3c4c([nH]c23)C2CCN4CC2)c1. The van der Waals surface area contributed by atoms with Gasteiger partial charge in [-0.1, -0.05) is 18.2 Å². The Morgan fingerprint density at radius 1 is 1.16 bits per heavy atom. The van der Waals surface area contributed by atoms with Crippen molar-refractivity contribution in [2.75, 3.05) is 29.0 Å². The predicted molar refractivity (Wildman–Crippen MR) is 101 cm³/mol. The van der Waals surface area contributed by atoms with Gasteiger partial charge in [-0.05, 0) is 37.1 Å². The fourth-order valence-corrected chi connectivity index (χ4v) is 4.26. The summed E-state index contributed by atoms with van der Waals surface area (Å²) in [5.74, 6) is 0.481. The van der Waals surface area contributed by atoms with Gasteiger partial charge in [0.2, 0.25) is 0 Å². The van der Waals surface area contributed by atoms with Crippen LogP contribution in [0, 0.1) is 0 Å². The molecule has 5 heteroatoms. The lowest BCUT2D eigenvalue weighted by atomic mass is 9.87. The van der Waals surface area contributed by atoms with Gasteiger partial charge in [0.1, 0.15) is 0 Å². The van der Waals surface area contributed by atoms with Crippen LogP contribution in [0.2, 0.25) is 0 Å². The Morgan fingerprint density at radius 2 is 1.96 bits per heavy atom. The molecule has 5 nitrogen and oxygen atoms in total. The fraction of sp³-hybridized carbons (Fsp3) is 0.250. The maximum atomic E-state index is 12.8. The zero-order valence-corrected chi connectivity index (χ0v) is 13.9. The first kappa shape index (κ1) is 14.4. The van der Waals surface area contributed by atoms with Crippen LogP contribution in [0.3, 0.4) is 0 Å². The molecule has 25 heavy (non-hydrogen) atoms. The Balaban J connectivity index is 1.58. The molecule has 3 aromatic rings. The molecule has 1 fully saturated rings. The van der Waals surface area contributed by atoms with E-state index in [0.717, 1.165) is 24.0 Å². The number of benzene rings is 2. The second-order valence-electron chi connectivity index (χ2n) is 6.96. The third-order valence-corrected chi connectivity index (χ3v) is 5.44. The number of carbonyl (C=O) groups is 1. The number of aromatic amines is 1. The molecule has 3 aliphatic heterocycles. The van der Waals surface area contributed by atoms with Gasteiger partial charge in [-0.15, -0.1) is 0 Å². The Kier molecular flexibility index (Phi) is 3.04. The zero-order chi connectivity index (χ0) is 17.0. The Bertz CT molecular complexity index is 983. The number of hydrogen-bond acceptors (Lipinski definition) is 3. The van der Waals surface area contributed by atoms with Crippen molar-refractivity contribution in [3.05, 3.63) is 53.7 Å². The molecule has 1 saturated heterocycles. The highest BCUT2D eigenvalue weighted by atomic mass is 16.1. The summed E-state index contributed by atoms with van der Waals surface area (Å²) in [5, 5.41) is 4.11. The highest BCUT2D eigenvalue weighted by Crippen LogP contribution is 2.46. The van der Waals surface area contributed by atoms with Gasteiger partial charge in [-0.2, -0.15) is 0 Å². The number of nitrogens with one attached hydrogen (secondary N) is 2. The fourth-order valence-electron chi connectivity index (χ4n) is 4.26. The molecule has 1 amide bonds. The number of nitrogens with zero attached hydrogens (tertiary/aromatic N) is 1. The third kappa shape index (κ3) is 2.19. The molecular weight excluding hydrogens is 312 g/mol. The molecule has 126 valence electrons. The molecule has 0 atom stereocenters. The number of amides is 1.